The maximum absolute atomic E-state index is 5.90. The first-order valence-corrected chi connectivity index (χ1v) is 11.1. The first-order chi connectivity index (χ1) is 15.5. The van der Waals surface area contributed by atoms with Crippen LogP contribution in [0.1, 0.15) is 40.3 Å². The van der Waals surface area contributed by atoms with Gasteiger partial charge in [-0.1, -0.05) is 12.1 Å². The summed E-state index contributed by atoms with van der Waals surface area (Å²) in [5.74, 6) is 0. The number of benzene rings is 1. The molecule has 5 nitrogen and oxygen atoms in total. The van der Waals surface area contributed by atoms with Gasteiger partial charge in [0.15, 0.2) is 5.11 Å². The molecular weight excluding hydrogens is 414 g/mol. The van der Waals surface area contributed by atoms with E-state index in [1.54, 1.807) is 6.20 Å². The van der Waals surface area contributed by atoms with E-state index >= 15 is 0 Å². The Bertz CT molecular complexity index is 1250. The van der Waals surface area contributed by atoms with Gasteiger partial charge < -0.3 is 14.8 Å². The Balaban J connectivity index is 1.72. The zero-order chi connectivity index (χ0) is 22.2. The topological polar surface area (TPSA) is 46.0 Å². The predicted octanol–water partition coefficient (Wildman–Crippen LogP) is 5.37. The molecule has 0 unspecified atom stereocenters. The van der Waals surface area contributed by atoms with Gasteiger partial charge in [0.05, 0.1) is 23.6 Å². The van der Waals surface area contributed by atoms with Gasteiger partial charge >= 0.3 is 0 Å². The smallest absolute Gasteiger partial charge is 0.174 e. The number of rotatable bonds is 4. The van der Waals surface area contributed by atoms with E-state index in [1.807, 2.05) is 30.6 Å². The summed E-state index contributed by atoms with van der Waals surface area (Å²) in [7, 11) is 0. The Morgan fingerprint density at radius 2 is 1.69 bits per heavy atom. The molecule has 2 atom stereocenters. The molecule has 3 aromatic heterocycles. The van der Waals surface area contributed by atoms with Gasteiger partial charge in [0, 0.05) is 29.5 Å². The monoisotopic (exact) mass is 439 g/mol. The van der Waals surface area contributed by atoms with Gasteiger partial charge in [0.2, 0.25) is 0 Å². The second kappa shape index (κ2) is 8.20. The van der Waals surface area contributed by atoms with E-state index in [0.29, 0.717) is 5.11 Å². The molecule has 1 N–H and O–H groups in total. The van der Waals surface area contributed by atoms with E-state index in [4.69, 9.17) is 12.2 Å². The molecule has 4 aromatic rings. The number of nitrogens with zero attached hydrogens (tertiary/aromatic N) is 4. The third kappa shape index (κ3) is 3.56. The number of hydrogen-bond acceptors (Lipinski definition) is 3. The van der Waals surface area contributed by atoms with Gasteiger partial charge in [0.1, 0.15) is 6.04 Å². The van der Waals surface area contributed by atoms with Crippen LogP contribution in [0.2, 0.25) is 0 Å². The maximum atomic E-state index is 5.90. The molecule has 1 aliphatic rings. The molecule has 0 amide bonds. The molecule has 1 fully saturated rings. The number of aryl methyl sites for hydroxylation is 3. The Morgan fingerprint density at radius 3 is 2.38 bits per heavy atom. The van der Waals surface area contributed by atoms with Crippen molar-refractivity contribution in [2.24, 2.45) is 0 Å². The molecule has 0 saturated carbocycles. The van der Waals surface area contributed by atoms with Crippen LogP contribution in [-0.2, 0) is 0 Å². The standard InChI is InChI=1S/C26H25N5S/c1-17-13-18(2)15-21(14-17)31-25(24(29-26(31)32)22-8-4-5-12-28-22)23-10-9-19(3)30(23)20-7-6-11-27-16-20/h4-16,24-25H,1-3H3,(H,29,32)/t24-,25+/m1/s1. The molecule has 1 aromatic carbocycles. The summed E-state index contributed by atoms with van der Waals surface area (Å²) in [4.78, 5) is 11.3. The molecule has 1 aliphatic heterocycles. The van der Waals surface area contributed by atoms with Crippen molar-refractivity contribution >= 4 is 23.0 Å². The fourth-order valence-corrected chi connectivity index (χ4v) is 5.00. The summed E-state index contributed by atoms with van der Waals surface area (Å²) in [5.41, 5.74) is 7.78. The highest BCUT2D eigenvalue weighted by Gasteiger charge is 2.42. The van der Waals surface area contributed by atoms with Crippen molar-refractivity contribution in [3.8, 4) is 5.69 Å². The van der Waals surface area contributed by atoms with Crippen molar-refractivity contribution < 1.29 is 0 Å². The van der Waals surface area contributed by atoms with E-state index in [1.165, 1.54) is 11.1 Å². The summed E-state index contributed by atoms with van der Waals surface area (Å²) in [6, 6.07) is 20.8. The number of nitrogens with one attached hydrogen (secondary N) is 1. The molecule has 6 heteroatoms. The summed E-state index contributed by atoms with van der Waals surface area (Å²) in [5, 5.41) is 4.26. The molecule has 5 rings (SSSR count). The number of anilines is 1. The average Bonchev–Trinajstić information content (AvgIpc) is 3.33. The number of hydrogen-bond donors (Lipinski definition) is 1. The van der Waals surface area contributed by atoms with Crippen LogP contribution in [0.25, 0.3) is 5.69 Å². The zero-order valence-electron chi connectivity index (χ0n) is 18.4. The van der Waals surface area contributed by atoms with Crippen LogP contribution in [-0.4, -0.2) is 19.6 Å². The molecular formula is C26H25N5S. The lowest BCUT2D eigenvalue weighted by Gasteiger charge is -2.29. The van der Waals surface area contributed by atoms with Crippen molar-refractivity contribution in [2.75, 3.05) is 4.90 Å². The van der Waals surface area contributed by atoms with Gasteiger partial charge in [-0.2, -0.15) is 0 Å². The SMILES string of the molecule is Cc1cc(C)cc(N2C(=S)N[C@H](c3ccccn3)[C@@H]2c2ccc(C)n2-c2cccnc2)c1. The lowest BCUT2D eigenvalue weighted by Crippen LogP contribution is -2.30. The van der Waals surface area contributed by atoms with Gasteiger partial charge in [-0.3, -0.25) is 9.97 Å². The van der Waals surface area contributed by atoms with Crippen molar-refractivity contribution in [3.05, 3.63) is 107 Å². The van der Waals surface area contributed by atoms with E-state index in [-0.39, 0.29) is 12.1 Å². The van der Waals surface area contributed by atoms with Gasteiger partial charge in [-0.05, 0) is 92.6 Å². The molecule has 0 aliphatic carbocycles. The molecule has 0 spiro atoms. The van der Waals surface area contributed by atoms with E-state index in [0.717, 1.165) is 28.5 Å². The normalized spacial score (nSPS) is 18.1. The maximum Gasteiger partial charge on any atom is 0.174 e. The number of aromatic nitrogens is 3. The Labute approximate surface area is 193 Å². The highest BCUT2D eigenvalue weighted by atomic mass is 32.1. The van der Waals surface area contributed by atoms with E-state index in [9.17, 15) is 0 Å². The van der Waals surface area contributed by atoms with Crippen LogP contribution in [0.15, 0.2) is 79.3 Å². The summed E-state index contributed by atoms with van der Waals surface area (Å²) >= 11 is 5.90. The van der Waals surface area contributed by atoms with Crippen molar-refractivity contribution in [1.29, 1.82) is 0 Å². The van der Waals surface area contributed by atoms with Crippen LogP contribution in [0.3, 0.4) is 0 Å². The molecule has 0 bridgehead atoms. The van der Waals surface area contributed by atoms with Crippen molar-refractivity contribution in [3.63, 3.8) is 0 Å². The molecule has 160 valence electrons. The summed E-state index contributed by atoms with van der Waals surface area (Å²) in [6.45, 7) is 6.36. The number of thiocarbonyl (C=S) groups is 1. The third-order valence-electron chi connectivity index (χ3n) is 5.90. The minimum atomic E-state index is -0.0887. The van der Waals surface area contributed by atoms with Gasteiger partial charge in [-0.25, -0.2) is 0 Å². The van der Waals surface area contributed by atoms with Crippen LogP contribution < -0.4 is 10.2 Å². The van der Waals surface area contributed by atoms with Crippen molar-refractivity contribution in [2.45, 2.75) is 32.9 Å². The minimum absolute atomic E-state index is 0.0764. The largest absolute Gasteiger partial charge is 0.351 e. The second-order valence-electron chi connectivity index (χ2n) is 8.29. The predicted molar refractivity (Wildman–Crippen MR) is 132 cm³/mol. The molecule has 1 saturated heterocycles. The van der Waals surface area contributed by atoms with E-state index < -0.39 is 0 Å². The van der Waals surface area contributed by atoms with Crippen LogP contribution in [0.4, 0.5) is 5.69 Å². The highest BCUT2D eigenvalue weighted by Crippen LogP contribution is 2.43. The summed E-state index contributed by atoms with van der Waals surface area (Å²) < 4.78 is 2.26. The fourth-order valence-electron chi connectivity index (χ4n) is 4.65. The van der Waals surface area contributed by atoms with Crippen molar-refractivity contribution in [1.82, 2.24) is 19.9 Å². The summed E-state index contributed by atoms with van der Waals surface area (Å²) in [6.07, 6.45) is 5.53. The van der Waals surface area contributed by atoms with Crippen LogP contribution in [0.5, 0.6) is 0 Å². The zero-order valence-corrected chi connectivity index (χ0v) is 19.2. The molecule has 0 radical (unpaired) electrons. The minimum Gasteiger partial charge on any atom is -0.351 e. The lowest BCUT2D eigenvalue weighted by molar-refractivity contribution is 0.548. The molecule has 32 heavy (non-hydrogen) atoms. The quantitative estimate of drug-likeness (QED) is 0.433. The van der Waals surface area contributed by atoms with Gasteiger partial charge in [0.25, 0.3) is 0 Å². The van der Waals surface area contributed by atoms with Crippen LogP contribution >= 0.6 is 12.2 Å². The Hall–Kier alpha value is -3.51. The fraction of sp³-hybridized carbons (Fsp3) is 0.192. The number of pyridine rings is 2. The first kappa shape index (κ1) is 20.4. The highest BCUT2D eigenvalue weighted by molar-refractivity contribution is 7.80. The van der Waals surface area contributed by atoms with E-state index in [2.05, 4.69) is 88.0 Å². The van der Waals surface area contributed by atoms with Gasteiger partial charge in [-0.15, -0.1) is 0 Å². The Morgan fingerprint density at radius 1 is 0.875 bits per heavy atom. The Kier molecular flexibility index (Phi) is 5.23. The lowest BCUT2D eigenvalue weighted by atomic mass is 10.00. The second-order valence-corrected chi connectivity index (χ2v) is 8.68. The first-order valence-electron chi connectivity index (χ1n) is 10.7. The third-order valence-corrected chi connectivity index (χ3v) is 6.21. The van der Waals surface area contributed by atoms with Crippen LogP contribution in [0, 0.1) is 20.8 Å². The molecule has 4 heterocycles. The average molecular weight is 440 g/mol.